The van der Waals surface area contributed by atoms with Crippen LogP contribution in [0.1, 0.15) is 44.3 Å². The van der Waals surface area contributed by atoms with Gasteiger partial charge in [-0.25, -0.2) is 0 Å². The average molecular weight is 203 g/mol. The molecule has 0 aliphatic heterocycles. The Labute approximate surface area is 83.5 Å². The van der Waals surface area contributed by atoms with Gasteiger partial charge in [0.2, 0.25) is 5.89 Å². The highest BCUT2D eigenvalue weighted by atomic mass is 35.5. The fourth-order valence-electron chi connectivity index (χ4n) is 0.970. The summed E-state index contributed by atoms with van der Waals surface area (Å²) in [7, 11) is 0. The van der Waals surface area contributed by atoms with Crippen molar-refractivity contribution in [3.05, 3.63) is 11.7 Å². The lowest BCUT2D eigenvalue weighted by Gasteiger charge is -1.98. The maximum atomic E-state index is 5.56. The molecule has 0 saturated heterocycles. The summed E-state index contributed by atoms with van der Waals surface area (Å²) >= 11 is 5.56. The summed E-state index contributed by atoms with van der Waals surface area (Å²) in [4.78, 5) is 4.28. The standard InChI is InChI=1S/C9H15ClN2O/c1-3-7(2)9-11-8(13-12-9)5-4-6-10/h7H,3-6H2,1-2H3. The van der Waals surface area contributed by atoms with Gasteiger partial charge in [-0.3, -0.25) is 0 Å². The summed E-state index contributed by atoms with van der Waals surface area (Å²) in [5.74, 6) is 2.54. The van der Waals surface area contributed by atoms with E-state index in [1.165, 1.54) is 0 Å². The number of aromatic nitrogens is 2. The topological polar surface area (TPSA) is 38.9 Å². The molecule has 0 aromatic carbocycles. The second-order valence-electron chi connectivity index (χ2n) is 3.15. The minimum absolute atomic E-state index is 0.383. The lowest BCUT2D eigenvalue weighted by molar-refractivity contribution is 0.369. The van der Waals surface area contributed by atoms with Gasteiger partial charge in [-0.05, 0) is 12.8 Å². The average Bonchev–Trinajstić information content (AvgIpc) is 2.62. The summed E-state index contributed by atoms with van der Waals surface area (Å²) in [6, 6.07) is 0. The van der Waals surface area contributed by atoms with Crippen LogP contribution in [0, 0.1) is 0 Å². The molecular formula is C9H15ClN2O. The third kappa shape index (κ3) is 2.99. The van der Waals surface area contributed by atoms with Crippen LogP contribution in [0.3, 0.4) is 0 Å². The first-order chi connectivity index (χ1) is 6.27. The molecule has 1 unspecified atom stereocenters. The second kappa shape index (κ2) is 5.22. The van der Waals surface area contributed by atoms with Crippen LogP contribution in [0.15, 0.2) is 4.52 Å². The van der Waals surface area contributed by atoms with Crippen molar-refractivity contribution in [2.24, 2.45) is 0 Å². The minimum atomic E-state index is 0.383. The van der Waals surface area contributed by atoms with E-state index in [0.717, 1.165) is 25.1 Å². The zero-order chi connectivity index (χ0) is 9.68. The molecule has 1 heterocycles. The molecule has 1 rings (SSSR count). The first kappa shape index (κ1) is 10.5. The van der Waals surface area contributed by atoms with Crippen LogP contribution >= 0.6 is 11.6 Å². The highest BCUT2D eigenvalue weighted by Gasteiger charge is 2.11. The normalized spacial score (nSPS) is 13.2. The first-order valence-electron chi connectivity index (χ1n) is 4.66. The largest absolute Gasteiger partial charge is 0.339 e. The minimum Gasteiger partial charge on any atom is -0.339 e. The highest BCUT2D eigenvalue weighted by Crippen LogP contribution is 2.15. The summed E-state index contributed by atoms with van der Waals surface area (Å²) in [5.41, 5.74) is 0. The summed E-state index contributed by atoms with van der Waals surface area (Å²) in [5, 5.41) is 3.91. The smallest absolute Gasteiger partial charge is 0.226 e. The molecule has 0 aliphatic rings. The Morgan fingerprint density at radius 1 is 1.54 bits per heavy atom. The predicted molar refractivity (Wildman–Crippen MR) is 52.0 cm³/mol. The summed E-state index contributed by atoms with van der Waals surface area (Å²) in [6.07, 6.45) is 2.71. The SMILES string of the molecule is CCC(C)c1noc(CCCCl)n1. The van der Waals surface area contributed by atoms with Crippen molar-refractivity contribution in [1.29, 1.82) is 0 Å². The molecule has 1 atom stereocenters. The van der Waals surface area contributed by atoms with Crippen LogP contribution < -0.4 is 0 Å². The molecule has 4 heteroatoms. The molecule has 0 aliphatic carbocycles. The van der Waals surface area contributed by atoms with Crippen LogP contribution in [0.2, 0.25) is 0 Å². The maximum absolute atomic E-state index is 5.56. The van der Waals surface area contributed by atoms with E-state index in [9.17, 15) is 0 Å². The molecular weight excluding hydrogens is 188 g/mol. The van der Waals surface area contributed by atoms with E-state index in [0.29, 0.717) is 17.7 Å². The molecule has 0 fully saturated rings. The van der Waals surface area contributed by atoms with E-state index < -0.39 is 0 Å². The zero-order valence-corrected chi connectivity index (χ0v) is 8.84. The van der Waals surface area contributed by atoms with Crippen molar-refractivity contribution in [2.45, 2.75) is 39.0 Å². The molecule has 13 heavy (non-hydrogen) atoms. The Kier molecular flexibility index (Phi) is 4.22. The van der Waals surface area contributed by atoms with E-state index in [-0.39, 0.29) is 0 Å². The summed E-state index contributed by atoms with van der Waals surface area (Å²) in [6.45, 7) is 4.20. The summed E-state index contributed by atoms with van der Waals surface area (Å²) < 4.78 is 5.07. The van der Waals surface area contributed by atoms with Crippen LogP contribution in [0.25, 0.3) is 0 Å². The van der Waals surface area contributed by atoms with E-state index in [4.69, 9.17) is 16.1 Å². The lowest BCUT2D eigenvalue weighted by Crippen LogP contribution is -1.94. The van der Waals surface area contributed by atoms with Crippen molar-refractivity contribution in [2.75, 3.05) is 5.88 Å². The van der Waals surface area contributed by atoms with Gasteiger partial charge in [0.25, 0.3) is 0 Å². The van der Waals surface area contributed by atoms with Gasteiger partial charge in [0.1, 0.15) is 0 Å². The second-order valence-corrected chi connectivity index (χ2v) is 3.53. The van der Waals surface area contributed by atoms with Gasteiger partial charge in [0.05, 0.1) is 0 Å². The Balaban J connectivity index is 2.53. The van der Waals surface area contributed by atoms with Crippen LogP contribution in [-0.2, 0) is 6.42 Å². The number of hydrogen-bond acceptors (Lipinski definition) is 3. The Morgan fingerprint density at radius 2 is 2.31 bits per heavy atom. The Hall–Kier alpha value is -0.570. The Bertz CT molecular complexity index is 250. The molecule has 1 aromatic rings. The molecule has 1 aromatic heterocycles. The fraction of sp³-hybridized carbons (Fsp3) is 0.778. The zero-order valence-electron chi connectivity index (χ0n) is 8.09. The van der Waals surface area contributed by atoms with Gasteiger partial charge in [-0.15, -0.1) is 11.6 Å². The van der Waals surface area contributed by atoms with Crippen molar-refractivity contribution in [1.82, 2.24) is 10.1 Å². The lowest BCUT2D eigenvalue weighted by atomic mass is 10.1. The number of alkyl halides is 1. The molecule has 0 saturated carbocycles. The van der Waals surface area contributed by atoms with Crippen LogP contribution in [0.4, 0.5) is 0 Å². The molecule has 0 spiro atoms. The third-order valence-electron chi connectivity index (χ3n) is 2.06. The van der Waals surface area contributed by atoms with Crippen molar-refractivity contribution in [3.63, 3.8) is 0 Å². The maximum Gasteiger partial charge on any atom is 0.226 e. The van der Waals surface area contributed by atoms with Crippen molar-refractivity contribution in [3.8, 4) is 0 Å². The fourth-order valence-corrected chi connectivity index (χ4v) is 1.10. The molecule has 74 valence electrons. The van der Waals surface area contributed by atoms with Crippen molar-refractivity contribution >= 4 is 11.6 Å². The van der Waals surface area contributed by atoms with Crippen LogP contribution in [-0.4, -0.2) is 16.0 Å². The predicted octanol–water partition coefficient (Wildman–Crippen LogP) is 2.75. The van der Waals surface area contributed by atoms with Gasteiger partial charge in [-0.1, -0.05) is 19.0 Å². The van der Waals surface area contributed by atoms with Gasteiger partial charge >= 0.3 is 0 Å². The molecule has 0 amide bonds. The molecule has 3 nitrogen and oxygen atoms in total. The van der Waals surface area contributed by atoms with Gasteiger partial charge in [0, 0.05) is 18.2 Å². The molecule has 0 radical (unpaired) electrons. The van der Waals surface area contributed by atoms with E-state index in [1.807, 2.05) is 0 Å². The van der Waals surface area contributed by atoms with E-state index in [2.05, 4.69) is 24.0 Å². The Morgan fingerprint density at radius 3 is 2.92 bits per heavy atom. The van der Waals surface area contributed by atoms with E-state index in [1.54, 1.807) is 0 Å². The highest BCUT2D eigenvalue weighted by molar-refractivity contribution is 6.17. The molecule has 0 N–H and O–H groups in total. The number of aryl methyl sites for hydroxylation is 1. The number of halogens is 1. The van der Waals surface area contributed by atoms with Crippen molar-refractivity contribution < 1.29 is 4.52 Å². The van der Waals surface area contributed by atoms with E-state index >= 15 is 0 Å². The quantitative estimate of drug-likeness (QED) is 0.690. The number of hydrogen-bond donors (Lipinski definition) is 0. The molecule has 0 bridgehead atoms. The first-order valence-corrected chi connectivity index (χ1v) is 5.19. The number of rotatable bonds is 5. The van der Waals surface area contributed by atoms with Gasteiger partial charge < -0.3 is 4.52 Å². The third-order valence-corrected chi connectivity index (χ3v) is 2.33. The number of nitrogens with zero attached hydrogens (tertiary/aromatic N) is 2. The van der Waals surface area contributed by atoms with Crippen LogP contribution in [0.5, 0.6) is 0 Å². The van der Waals surface area contributed by atoms with Gasteiger partial charge in [0.15, 0.2) is 5.82 Å². The monoisotopic (exact) mass is 202 g/mol. The van der Waals surface area contributed by atoms with Gasteiger partial charge in [-0.2, -0.15) is 4.98 Å².